The lowest BCUT2D eigenvalue weighted by molar-refractivity contribution is -0.0901. The number of nitrogens with one attached hydrogen (secondary N) is 3. The second-order valence-corrected chi connectivity index (χ2v) is 6.42. The van der Waals surface area contributed by atoms with Crippen molar-refractivity contribution in [3.8, 4) is 0 Å². The third-order valence-electron chi connectivity index (χ3n) is 3.85. The van der Waals surface area contributed by atoms with E-state index in [2.05, 4.69) is 25.6 Å². The van der Waals surface area contributed by atoms with Crippen molar-refractivity contribution in [1.82, 2.24) is 15.0 Å². The van der Waals surface area contributed by atoms with E-state index in [0.717, 1.165) is 0 Å². The molecule has 3 aromatic rings. The van der Waals surface area contributed by atoms with Crippen LogP contribution < -0.4 is 10.6 Å². The third-order valence-corrected chi connectivity index (χ3v) is 4.16. The predicted molar refractivity (Wildman–Crippen MR) is 110 cm³/mol. The van der Waals surface area contributed by atoms with Gasteiger partial charge in [0, 0.05) is 24.2 Å². The molecule has 0 unspecified atom stereocenters. The highest BCUT2D eigenvalue weighted by Crippen LogP contribution is 2.27. The third kappa shape index (κ3) is 5.86. The van der Waals surface area contributed by atoms with E-state index in [4.69, 9.17) is 17.0 Å². The molecule has 0 aliphatic carbocycles. The Morgan fingerprint density at radius 1 is 1.03 bits per heavy atom. The number of hydrogen-bond donors (Lipinski definition) is 3. The summed E-state index contributed by atoms with van der Waals surface area (Å²) in [5.41, 5.74) is -0.928. The molecule has 0 aliphatic heterocycles. The standard InChI is InChI=1S/C20H14ClF3N6O/c21-18-14(4-2-8-27-18)19(31)29-13-5-6-17(28-11-13)30-16(20(22,23)24)9-15(25)12-3-1-7-26-10-12/h1-11,25H,(H,28,30)(H,29,31)/b16-9-,25-15?. The van der Waals surface area contributed by atoms with Crippen LogP contribution in [0.5, 0.6) is 0 Å². The summed E-state index contributed by atoms with van der Waals surface area (Å²) in [6, 6.07) is 8.65. The summed E-state index contributed by atoms with van der Waals surface area (Å²) in [5, 5.41) is 12.6. The van der Waals surface area contributed by atoms with Crippen molar-refractivity contribution in [1.29, 1.82) is 5.41 Å². The summed E-state index contributed by atoms with van der Waals surface area (Å²) in [5.74, 6) is -0.665. The number of allylic oxidation sites excluding steroid dienone is 2. The second-order valence-electron chi connectivity index (χ2n) is 6.06. The molecule has 0 bridgehead atoms. The summed E-state index contributed by atoms with van der Waals surface area (Å²) in [6.45, 7) is 0. The molecule has 3 N–H and O–H groups in total. The van der Waals surface area contributed by atoms with Gasteiger partial charge in [-0.05, 0) is 42.5 Å². The van der Waals surface area contributed by atoms with Crippen LogP contribution in [0.25, 0.3) is 0 Å². The largest absolute Gasteiger partial charge is 0.431 e. The van der Waals surface area contributed by atoms with Crippen molar-refractivity contribution in [3.05, 3.63) is 89.2 Å². The maximum atomic E-state index is 13.4. The van der Waals surface area contributed by atoms with Gasteiger partial charge >= 0.3 is 6.18 Å². The number of rotatable bonds is 6. The van der Waals surface area contributed by atoms with E-state index in [1.54, 1.807) is 6.07 Å². The van der Waals surface area contributed by atoms with Gasteiger partial charge in [-0.25, -0.2) is 9.97 Å². The van der Waals surface area contributed by atoms with Crippen LogP contribution in [0.2, 0.25) is 5.15 Å². The molecule has 0 aliphatic rings. The number of amides is 1. The molecule has 0 radical (unpaired) electrons. The van der Waals surface area contributed by atoms with E-state index in [0.29, 0.717) is 6.08 Å². The van der Waals surface area contributed by atoms with Crippen LogP contribution >= 0.6 is 11.6 Å². The first-order valence-corrected chi connectivity index (χ1v) is 9.04. The fraction of sp³-hybridized carbons (Fsp3) is 0.0500. The number of carbonyl (C=O) groups excluding carboxylic acids is 1. The zero-order valence-electron chi connectivity index (χ0n) is 15.6. The lowest BCUT2D eigenvalue weighted by atomic mass is 10.1. The molecule has 0 fully saturated rings. The van der Waals surface area contributed by atoms with Crippen LogP contribution in [0.1, 0.15) is 15.9 Å². The van der Waals surface area contributed by atoms with Gasteiger partial charge < -0.3 is 16.0 Å². The number of carbonyl (C=O) groups is 1. The van der Waals surface area contributed by atoms with Gasteiger partial charge in [0.25, 0.3) is 5.91 Å². The van der Waals surface area contributed by atoms with Gasteiger partial charge in [0.05, 0.1) is 23.2 Å². The van der Waals surface area contributed by atoms with Gasteiger partial charge in [0.2, 0.25) is 0 Å². The molecule has 3 heterocycles. The smallest absolute Gasteiger partial charge is 0.336 e. The Morgan fingerprint density at radius 3 is 2.42 bits per heavy atom. The van der Waals surface area contributed by atoms with Gasteiger partial charge in [-0.2, -0.15) is 13.2 Å². The Kier molecular flexibility index (Phi) is 6.61. The SMILES string of the molecule is N=C(/C=C(\Nc1ccc(NC(=O)c2cccnc2Cl)cn1)C(F)(F)F)c1cccnc1. The van der Waals surface area contributed by atoms with E-state index in [9.17, 15) is 18.0 Å². The molecule has 3 rings (SSSR count). The van der Waals surface area contributed by atoms with E-state index in [1.807, 2.05) is 0 Å². The van der Waals surface area contributed by atoms with Gasteiger partial charge in [-0.1, -0.05) is 11.6 Å². The minimum absolute atomic E-state index is 0.0160. The topological polar surface area (TPSA) is 104 Å². The fourth-order valence-electron chi connectivity index (χ4n) is 2.37. The summed E-state index contributed by atoms with van der Waals surface area (Å²) < 4.78 is 40.2. The molecular weight excluding hydrogens is 433 g/mol. The minimum atomic E-state index is -4.75. The first kappa shape index (κ1) is 21.9. The Bertz CT molecular complexity index is 1120. The molecule has 7 nitrogen and oxygen atoms in total. The molecule has 31 heavy (non-hydrogen) atoms. The van der Waals surface area contributed by atoms with Gasteiger partial charge in [-0.15, -0.1) is 0 Å². The molecule has 0 saturated carbocycles. The molecule has 0 saturated heterocycles. The second kappa shape index (κ2) is 9.35. The normalized spacial score (nSPS) is 11.7. The number of alkyl halides is 3. The summed E-state index contributed by atoms with van der Waals surface area (Å²) in [7, 11) is 0. The zero-order chi connectivity index (χ0) is 22.4. The van der Waals surface area contributed by atoms with E-state index in [1.165, 1.54) is 55.1 Å². The molecule has 1 amide bonds. The molecule has 0 aromatic carbocycles. The van der Waals surface area contributed by atoms with Gasteiger partial charge in [0.1, 0.15) is 16.7 Å². The molecule has 11 heteroatoms. The average molecular weight is 447 g/mol. The lowest BCUT2D eigenvalue weighted by Crippen LogP contribution is -2.21. The summed E-state index contributed by atoms with van der Waals surface area (Å²) in [6.07, 6.45) is 1.26. The average Bonchev–Trinajstić information content (AvgIpc) is 2.74. The fourth-order valence-corrected chi connectivity index (χ4v) is 2.58. The first-order chi connectivity index (χ1) is 14.7. The van der Waals surface area contributed by atoms with Crippen LogP contribution in [0.4, 0.5) is 24.7 Å². The van der Waals surface area contributed by atoms with Crippen LogP contribution in [-0.4, -0.2) is 32.7 Å². The molecule has 158 valence electrons. The minimum Gasteiger partial charge on any atom is -0.336 e. The van der Waals surface area contributed by atoms with Crippen molar-refractivity contribution >= 4 is 34.7 Å². The first-order valence-electron chi connectivity index (χ1n) is 8.67. The zero-order valence-corrected chi connectivity index (χ0v) is 16.4. The Morgan fingerprint density at radius 2 is 1.81 bits per heavy atom. The highest BCUT2D eigenvalue weighted by molar-refractivity contribution is 6.33. The number of hydrogen-bond acceptors (Lipinski definition) is 6. The Balaban J connectivity index is 1.74. The van der Waals surface area contributed by atoms with Crippen molar-refractivity contribution in [2.75, 3.05) is 10.6 Å². The van der Waals surface area contributed by atoms with E-state index >= 15 is 0 Å². The van der Waals surface area contributed by atoms with Crippen molar-refractivity contribution in [2.24, 2.45) is 0 Å². The molecule has 0 atom stereocenters. The highest BCUT2D eigenvalue weighted by Gasteiger charge is 2.34. The van der Waals surface area contributed by atoms with Crippen molar-refractivity contribution < 1.29 is 18.0 Å². The van der Waals surface area contributed by atoms with Crippen LogP contribution in [-0.2, 0) is 0 Å². The van der Waals surface area contributed by atoms with Gasteiger partial charge in [-0.3, -0.25) is 9.78 Å². The maximum Gasteiger partial charge on any atom is 0.431 e. The van der Waals surface area contributed by atoms with E-state index in [-0.39, 0.29) is 33.5 Å². The predicted octanol–water partition coefficient (Wildman–Crippen LogP) is 4.70. The molecule has 3 aromatic heterocycles. The molecule has 0 spiro atoms. The van der Waals surface area contributed by atoms with Crippen LogP contribution in [0, 0.1) is 5.41 Å². The molecular formula is C20H14ClF3N6O. The maximum absolute atomic E-state index is 13.4. The monoisotopic (exact) mass is 446 g/mol. The number of aromatic nitrogens is 3. The Labute approximate surface area is 179 Å². The van der Waals surface area contributed by atoms with E-state index < -0.39 is 17.8 Å². The Hall–Kier alpha value is -3.79. The number of halogens is 4. The summed E-state index contributed by atoms with van der Waals surface area (Å²) in [4.78, 5) is 23.7. The van der Waals surface area contributed by atoms with Crippen molar-refractivity contribution in [2.45, 2.75) is 6.18 Å². The highest BCUT2D eigenvalue weighted by atomic mass is 35.5. The number of pyridine rings is 3. The lowest BCUT2D eigenvalue weighted by Gasteiger charge is -2.14. The van der Waals surface area contributed by atoms with Crippen molar-refractivity contribution in [3.63, 3.8) is 0 Å². The number of nitrogens with zero attached hydrogens (tertiary/aromatic N) is 3. The number of anilines is 2. The van der Waals surface area contributed by atoms with Crippen LogP contribution in [0.3, 0.4) is 0 Å². The quantitative estimate of drug-likeness (QED) is 0.376. The summed E-state index contributed by atoms with van der Waals surface area (Å²) >= 11 is 5.86. The van der Waals surface area contributed by atoms with Crippen LogP contribution in [0.15, 0.2) is 73.0 Å². The van der Waals surface area contributed by atoms with Gasteiger partial charge in [0.15, 0.2) is 0 Å².